The fourth-order valence-corrected chi connectivity index (χ4v) is 2.85. The van der Waals surface area contributed by atoms with Crippen molar-refractivity contribution >= 4 is 10.0 Å². The van der Waals surface area contributed by atoms with Gasteiger partial charge in [0.2, 0.25) is 0 Å². The number of ether oxygens (including phenoxy) is 1. The van der Waals surface area contributed by atoms with Crippen molar-refractivity contribution in [1.29, 1.82) is 0 Å². The third-order valence-corrected chi connectivity index (χ3v) is 4.22. The second-order valence-corrected chi connectivity index (χ2v) is 5.51. The van der Waals surface area contributed by atoms with Crippen molar-refractivity contribution < 1.29 is 13.2 Å². The molecule has 0 N–H and O–H groups in total. The van der Waals surface area contributed by atoms with E-state index in [0.717, 1.165) is 9.65 Å². The van der Waals surface area contributed by atoms with Crippen molar-refractivity contribution in [2.75, 3.05) is 7.11 Å². The largest absolute Gasteiger partial charge is 0.496 e. The Balaban J connectivity index is 2.53. The number of aryl methyl sites for hydroxylation is 1. The van der Waals surface area contributed by atoms with E-state index in [1.807, 2.05) is 6.92 Å². The molecule has 1 heterocycles. The quantitative estimate of drug-likeness (QED) is 0.845. The predicted molar refractivity (Wildman–Crippen MR) is 67.2 cm³/mol. The average Bonchev–Trinajstić information content (AvgIpc) is 2.92. The lowest BCUT2D eigenvalue weighted by atomic mass is 10.1. The number of hydrogen-bond donors (Lipinski definition) is 0. The highest BCUT2D eigenvalue weighted by atomic mass is 32.2. The predicted octanol–water partition coefficient (Wildman–Crippen LogP) is 1.69. The lowest BCUT2D eigenvalue weighted by Gasteiger charge is -2.09. The summed E-state index contributed by atoms with van der Waals surface area (Å²) in [5, 5.41) is 3.76. The third kappa shape index (κ3) is 2.11. The molecule has 0 fully saturated rings. The molecule has 1 aromatic heterocycles. The molecule has 0 saturated heterocycles. The van der Waals surface area contributed by atoms with Gasteiger partial charge in [0.15, 0.2) is 0 Å². The Morgan fingerprint density at radius 2 is 2.17 bits per heavy atom. The van der Waals surface area contributed by atoms with Gasteiger partial charge in [-0.3, -0.25) is 0 Å². The molecule has 18 heavy (non-hydrogen) atoms. The van der Waals surface area contributed by atoms with Crippen LogP contribution in [0.5, 0.6) is 5.75 Å². The fraction of sp³-hybridized carbons (Fsp3) is 0.250. The Labute approximate surface area is 106 Å². The maximum atomic E-state index is 12.2. The topological polar surface area (TPSA) is 61.2 Å². The van der Waals surface area contributed by atoms with Crippen molar-refractivity contribution in [3.05, 3.63) is 42.2 Å². The summed E-state index contributed by atoms with van der Waals surface area (Å²) in [6.45, 7) is 1.95. The molecule has 96 valence electrons. The van der Waals surface area contributed by atoms with Gasteiger partial charge < -0.3 is 4.74 Å². The summed E-state index contributed by atoms with van der Waals surface area (Å²) in [5.74, 6) is 0.692. The minimum absolute atomic E-state index is 0.212. The minimum atomic E-state index is -3.60. The summed E-state index contributed by atoms with van der Waals surface area (Å²) < 4.78 is 30.6. The van der Waals surface area contributed by atoms with Crippen LogP contribution in [0.4, 0.5) is 0 Å². The summed E-state index contributed by atoms with van der Waals surface area (Å²) in [7, 11) is -2.04. The Bertz CT molecular complexity index is 633. The highest BCUT2D eigenvalue weighted by Crippen LogP contribution is 2.23. The van der Waals surface area contributed by atoms with Crippen molar-refractivity contribution in [3.63, 3.8) is 0 Å². The van der Waals surface area contributed by atoms with Crippen molar-refractivity contribution in [2.24, 2.45) is 0 Å². The molecule has 0 unspecified atom stereocenters. The maximum absolute atomic E-state index is 12.2. The van der Waals surface area contributed by atoms with Crippen molar-refractivity contribution in [3.8, 4) is 5.75 Å². The molecule has 0 radical (unpaired) electrons. The number of aromatic nitrogens is 2. The van der Waals surface area contributed by atoms with Crippen LogP contribution in [0.1, 0.15) is 12.5 Å². The molecule has 0 aliphatic carbocycles. The SMILES string of the molecule is CCc1cc(S(=O)(=O)n2cccn2)ccc1OC. The molecule has 2 rings (SSSR count). The van der Waals surface area contributed by atoms with Crippen LogP contribution >= 0.6 is 0 Å². The first kappa shape index (κ1) is 12.6. The van der Waals surface area contributed by atoms with Gasteiger partial charge in [0.25, 0.3) is 10.0 Å². The molecule has 0 spiro atoms. The molecule has 0 aliphatic rings. The number of benzene rings is 1. The normalized spacial score (nSPS) is 11.4. The molecule has 0 amide bonds. The van der Waals surface area contributed by atoms with Crippen molar-refractivity contribution in [2.45, 2.75) is 18.2 Å². The van der Waals surface area contributed by atoms with Gasteiger partial charge in [-0.25, -0.2) is 0 Å². The van der Waals surface area contributed by atoms with E-state index in [-0.39, 0.29) is 4.90 Å². The minimum Gasteiger partial charge on any atom is -0.496 e. The first-order valence-corrected chi connectivity index (χ1v) is 6.95. The first-order valence-electron chi connectivity index (χ1n) is 5.51. The van der Waals surface area contributed by atoms with Gasteiger partial charge in [0, 0.05) is 6.20 Å². The number of hydrogen-bond acceptors (Lipinski definition) is 4. The first-order chi connectivity index (χ1) is 8.59. The van der Waals surface area contributed by atoms with E-state index in [2.05, 4.69) is 5.10 Å². The van der Waals surface area contributed by atoms with E-state index >= 15 is 0 Å². The van der Waals surface area contributed by atoms with Crippen LogP contribution in [0.2, 0.25) is 0 Å². The van der Waals surface area contributed by atoms with Gasteiger partial charge in [-0.05, 0) is 36.2 Å². The zero-order chi connectivity index (χ0) is 13.2. The number of rotatable bonds is 4. The lowest BCUT2D eigenvalue weighted by Crippen LogP contribution is -2.13. The molecule has 0 saturated carbocycles. The monoisotopic (exact) mass is 266 g/mol. The molecule has 1 aromatic carbocycles. The highest BCUT2D eigenvalue weighted by Gasteiger charge is 2.18. The van der Waals surface area contributed by atoms with Crippen molar-refractivity contribution in [1.82, 2.24) is 9.19 Å². The number of nitrogens with zero attached hydrogens (tertiary/aromatic N) is 2. The van der Waals surface area contributed by atoms with Gasteiger partial charge in [-0.15, -0.1) is 0 Å². The van der Waals surface area contributed by atoms with Crippen LogP contribution in [0, 0.1) is 0 Å². The Hall–Kier alpha value is -1.82. The van der Waals surface area contributed by atoms with Gasteiger partial charge in [-0.2, -0.15) is 17.6 Å². The van der Waals surface area contributed by atoms with Crippen LogP contribution in [-0.4, -0.2) is 24.7 Å². The zero-order valence-electron chi connectivity index (χ0n) is 10.2. The van der Waals surface area contributed by atoms with Gasteiger partial charge in [0.05, 0.1) is 18.2 Å². The maximum Gasteiger partial charge on any atom is 0.282 e. The van der Waals surface area contributed by atoms with E-state index in [4.69, 9.17) is 4.74 Å². The lowest BCUT2D eigenvalue weighted by molar-refractivity contribution is 0.409. The van der Waals surface area contributed by atoms with E-state index in [0.29, 0.717) is 12.2 Å². The van der Waals surface area contributed by atoms with E-state index < -0.39 is 10.0 Å². The summed E-state index contributed by atoms with van der Waals surface area (Å²) in [6, 6.07) is 6.38. The Morgan fingerprint density at radius 1 is 1.39 bits per heavy atom. The molecule has 0 bridgehead atoms. The van der Waals surface area contributed by atoms with E-state index in [1.165, 1.54) is 18.5 Å². The summed E-state index contributed by atoms with van der Waals surface area (Å²) in [5.41, 5.74) is 0.853. The zero-order valence-corrected chi connectivity index (χ0v) is 11.0. The Morgan fingerprint density at radius 3 is 2.72 bits per heavy atom. The second kappa shape index (κ2) is 4.81. The van der Waals surface area contributed by atoms with Gasteiger partial charge >= 0.3 is 0 Å². The summed E-state index contributed by atoms with van der Waals surface area (Å²) in [6.07, 6.45) is 3.54. The molecule has 0 aliphatic heterocycles. The van der Waals surface area contributed by atoms with E-state index in [9.17, 15) is 8.42 Å². The van der Waals surface area contributed by atoms with Crippen LogP contribution in [0.15, 0.2) is 41.6 Å². The van der Waals surface area contributed by atoms with Gasteiger partial charge in [-0.1, -0.05) is 6.92 Å². The molecule has 2 aromatic rings. The number of methoxy groups -OCH3 is 1. The average molecular weight is 266 g/mol. The molecule has 5 nitrogen and oxygen atoms in total. The third-order valence-electron chi connectivity index (χ3n) is 2.66. The van der Waals surface area contributed by atoms with Gasteiger partial charge in [0.1, 0.15) is 5.75 Å². The standard InChI is InChI=1S/C12H14N2O3S/c1-3-10-9-11(5-6-12(10)17-2)18(15,16)14-8-4-7-13-14/h4-9H,3H2,1-2H3. The van der Waals surface area contributed by atoms with Crippen LogP contribution in [0.3, 0.4) is 0 Å². The molecular weight excluding hydrogens is 252 g/mol. The highest BCUT2D eigenvalue weighted by molar-refractivity contribution is 7.89. The Kier molecular flexibility index (Phi) is 3.38. The van der Waals surface area contributed by atoms with Crippen LogP contribution in [0.25, 0.3) is 0 Å². The molecule has 6 heteroatoms. The summed E-state index contributed by atoms with van der Waals surface area (Å²) >= 11 is 0. The molecular formula is C12H14N2O3S. The van der Waals surface area contributed by atoms with E-state index in [1.54, 1.807) is 25.3 Å². The molecule has 0 atom stereocenters. The summed E-state index contributed by atoms with van der Waals surface area (Å²) in [4.78, 5) is 0.212. The fourth-order valence-electron chi connectivity index (χ4n) is 1.70. The second-order valence-electron chi connectivity index (χ2n) is 3.71. The van der Waals surface area contributed by atoms with Crippen LogP contribution in [-0.2, 0) is 16.4 Å². The van der Waals surface area contributed by atoms with Crippen LogP contribution < -0.4 is 4.74 Å². The smallest absolute Gasteiger partial charge is 0.282 e.